The standard InChI is InChI=1S/C11H13F3N2/c1-15-7-4-5-16(6-7)9-3-2-8(12)10(13)11(9)14/h2-3,7,15H,4-6H2,1H3. The van der Waals surface area contributed by atoms with Crippen LogP contribution in [0.3, 0.4) is 0 Å². The molecule has 1 aromatic rings. The van der Waals surface area contributed by atoms with Crippen LogP contribution in [-0.4, -0.2) is 26.2 Å². The van der Waals surface area contributed by atoms with Crippen molar-refractivity contribution in [3.05, 3.63) is 29.6 Å². The van der Waals surface area contributed by atoms with E-state index < -0.39 is 17.5 Å². The molecule has 0 bridgehead atoms. The van der Waals surface area contributed by atoms with E-state index in [-0.39, 0.29) is 11.7 Å². The summed E-state index contributed by atoms with van der Waals surface area (Å²) in [5.41, 5.74) is 0.136. The second-order valence-electron chi connectivity index (χ2n) is 3.91. The van der Waals surface area contributed by atoms with Gasteiger partial charge in [-0.1, -0.05) is 0 Å². The zero-order valence-corrected chi connectivity index (χ0v) is 8.93. The smallest absolute Gasteiger partial charge is 0.196 e. The average Bonchev–Trinajstić information content (AvgIpc) is 2.74. The van der Waals surface area contributed by atoms with Crippen LogP contribution in [0.2, 0.25) is 0 Å². The first-order valence-electron chi connectivity index (χ1n) is 5.19. The summed E-state index contributed by atoms with van der Waals surface area (Å²) >= 11 is 0. The first-order chi connectivity index (χ1) is 7.63. The van der Waals surface area contributed by atoms with E-state index in [1.165, 1.54) is 6.07 Å². The third-order valence-corrected chi connectivity index (χ3v) is 2.95. The minimum atomic E-state index is -1.40. The number of benzene rings is 1. The molecule has 1 aromatic carbocycles. The fourth-order valence-electron chi connectivity index (χ4n) is 1.97. The Labute approximate surface area is 92.1 Å². The molecular formula is C11H13F3N2. The van der Waals surface area contributed by atoms with E-state index in [0.29, 0.717) is 13.1 Å². The zero-order chi connectivity index (χ0) is 11.7. The van der Waals surface area contributed by atoms with Crippen LogP contribution in [0, 0.1) is 17.5 Å². The molecule has 1 aliphatic rings. The lowest BCUT2D eigenvalue weighted by Gasteiger charge is -2.19. The Kier molecular flexibility index (Phi) is 3.05. The monoisotopic (exact) mass is 230 g/mol. The average molecular weight is 230 g/mol. The number of rotatable bonds is 2. The topological polar surface area (TPSA) is 15.3 Å². The van der Waals surface area contributed by atoms with E-state index in [1.54, 1.807) is 4.90 Å². The molecule has 5 heteroatoms. The van der Waals surface area contributed by atoms with E-state index >= 15 is 0 Å². The molecule has 0 spiro atoms. The van der Waals surface area contributed by atoms with Gasteiger partial charge in [0.2, 0.25) is 0 Å². The highest BCUT2D eigenvalue weighted by molar-refractivity contribution is 5.49. The molecule has 0 radical (unpaired) electrons. The Morgan fingerprint density at radius 2 is 2.00 bits per heavy atom. The van der Waals surface area contributed by atoms with Gasteiger partial charge in [0.1, 0.15) is 0 Å². The second kappa shape index (κ2) is 4.33. The molecule has 1 N–H and O–H groups in total. The predicted molar refractivity (Wildman–Crippen MR) is 56.0 cm³/mol. The molecule has 88 valence electrons. The van der Waals surface area contributed by atoms with Gasteiger partial charge in [0, 0.05) is 19.1 Å². The highest BCUT2D eigenvalue weighted by Crippen LogP contribution is 2.26. The van der Waals surface area contributed by atoms with Gasteiger partial charge in [-0.25, -0.2) is 13.2 Å². The molecule has 0 amide bonds. The number of likely N-dealkylation sites (N-methyl/N-ethyl adjacent to an activating group) is 1. The summed E-state index contributed by atoms with van der Waals surface area (Å²) in [4.78, 5) is 1.72. The van der Waals surface area contributed by atoms with Crippen LogP contribution in [0.4, 0.5) is 18.9 Å². The fourth-order valence-corrected chi connectivity index (χ4v) is 1.97. The molecule has 2 rings (SSSR count). The van der Waals surface area contributed by atoms with Crippen molar-refractivity contribution in [1.82, 2.24) is 5.32 Å². The Balaban J connectivity index is 2.25. The van der Waals surface area contributed by atoms with Gasteiger partial charge < -0.3 is 10.2 Å². The van der Waals surface area contributed by atoms with Gasteiger partial charge in [0.25, 0.3) is 0 Å². The quantitative estimate of drug-likeness (QED) is 0.781. The lowest BCUT2D eigenvalue weighted by atomic mass is 10.2. The largest absolute Gasteiger partial charge is 0.367 e. The summed E-state index contributed by atoms with van der Waals surface area (Å²) in [6.45, 7) is 1.26. The Morgan fingerprint density at radius 1 is 1.25 bits per heavy atom. The first kappa shape index (κ1) is 11.3. The minimum Gasteiger partial charge on any atom is -0.367 e. The molecule has 1 heterocycles. The molecule has 1 saturated heterocycles. The van der Waals surface area contributed by atoms with Gasteiger partial charge in [-0.3, -0.25) is 0 Å². The normalized spacial score (nSPS) is 20.5. The van der Waals surface area contributed by atoms with Crippen LogP contribution in [0.5, 0.6) is 0 Å². The summed E-state index contributed by atoms with van der Waals surface area (Å²) in [7, 11) is 1.83. The zero-order valence-electron chi connectivity index (χ0n) is 8.93. The van der Waals surface area contributed by atoms with Crippen LogP contribution >= 0.6 is 0 Å². The third-order valence-electron chi connectivity index (χ3n) is 2.95. The Morgan fingerprint density at radius 3 is 2.62 bits per heavy atom. The van der Waals surface area contributed by atoms with E-state index in [2.05, 4.69) is 5.32 Å². The van der Waals surface area contributed by atoms with Crippen molar-refractivity contribution in [2.75, 3.05) is 25.0 Å². The van der Waals surface area contributed by atoms with Crippen molar-refractivity contribution in [3.8, 4) is 0 Å². The lowest BCUT2D eigenvalue weighted by molar-refractivity contribution is 0.447. The summed E-state index contributed by atoms with van der Waals surface area (Å²) in [5.74, 6) is -3.65. The summed E-state index contributed by atoms with van der Waals surface area (Å²) < 4.78 is 39.2. The summed E-state index contributed by atoms with van der Waals surface area (Å²) in [6, 6.07) is 2.51. The van der Waals surface area contributed by atoms with Crippen molar-refractivity contribution in [1.29, 1.82) is 0 Å². The Hall–Kier alpha value is -1.23. The highest BCUT2D eigenvalue weighted by atomic mass is 19.2. The molecule has 0 aliphatic carbocycles. The van der Waals surface area contributed by atoms with Crippen molar-refractivity contribution in [2.24, 2.45) is 0 Å². The molecule has 1 fully saturated rings. The van der Waals surface area contributed by atoms with Gasteiger partial charge in [0.05, 0.1) is 5.69 Å². The molecular weight excluding hydrogens is 217 g/mol. The van der Waals surface area contributed by atoms with Crippen LogP contribution in [0.15, 0.2) is 12.1 Å². The van der Waals surface area contributed by atoms with E-state index in [9.17, 15) is 13.2 Å². The molecule has 1 aliphatic heterocycles. The second-order valence-corrected chi connectivity index (χ2v) is 3.91. The molecule has 2 nitrogen and oxygen atoms in total. The number of hydrogen-bond acceptors (Lipinski definition) is 2. The van der Waals surface area contributed by atoms with E-state index in [0.717, 1.165) is 12.5 Å². The summed E-state index contributed by atoms with van der Waals surface area (Å²) in [5, 5.41) is 3.08. The predicted octanol–water partition coefficient (Wildman–Crippen LogP) is 1.90. The number of halogens is 3. The lowest BCUT2D eigenvalue weighted by Crippen LogP contribution is -2.30. The van der Waals surface area contributed by atoms with Gasteiger partial charge >= 0.3 is 0 Å². The van der Waals surface area contributed by atoms with Crippen LogP contribution in [-0.2, 0) is 0 Å². The highest BCUT2D eigenvalue weighted by Gasteiger charge is 2.25. The van der Waals surface area contributed by atoms with Crippen molar-refractivity contribution in [3.63, 3.8) is 0 Å². The SMILES string of the molecule is CNC1CCN(c2ccc(F)c(F)c2F)C1. The van der Waals surface area contributed by atoms with Crippen LogP contribution in [0.1, 0.15) is 6.42 Å². The van der Waals surface area contributed by atoms with E-state index in [4.69, 9.17) is 0 Å². The molecule has 1 unspecified atom stereocenters. The number of hydrogen-bond donors (Lipinski definition) is 1. The summed E-state index contributed by atoms with van der Waals surface area (Å²) in [6.07, 6.45) is 0.870. The Bertz CT molecular complexity index is 395. The molecule has 1 atom stereocenters. The van der Waals surface area contributed by atoms with Crippen molar-refractivity contribution < 1.29 is 13.2 Å². The first-order valence-corrected chi connectivity index (χ1v) is 5.19. The maximum Gasteiger partial charge on any atom is 0.196 e. The van der Waals surface area contributed by atoms with E-state index in [1.807, 2.05) is 7.05 Å². The van der Waals surface area contributed by atoms with Gasteiger partial charge in [-0.05, 0) is 25.6 Å². The van der Waals surface area contributed by atoms with Crippen molar-refractivity contribution in [2.45, 2.75) is 12.5 Å². The maximum atomic E-state index is 13.5. The van der Waals surface area contributed by atoms with Gasteiger partial charge in [-0.2, -0.15) is 0 Å². The minimum absolute atomic E-state index is 0.136. The molecule has 16 heavy (non-hydrogen) atoms. The molecule has 0 saturated carbocycles. The van der Waals surface area contributed by atoms with Crippen LogP contribution in [0.25, 0.3) is 0 Å². The van der Waals surface area contributed by atoms with Gasteiger partial charge in [-0.15, -0.1) is 0 Å². The number of nitrogens with zero attached hydrogens (tertiary/aromatic N) is 1. The fraction of sp³-hybridized carbons (Fsp3) is 0.455. The van der Waals surface area contributed by atoms with Gasteiger partial charge in [0.15, 0.2) is 17.5 Å². The number of nitrogens with one attached hydrogen (secondary N) is 1. The molecule has 0 aromatic heterocycles. The van der Waals surface area contributed by atoms with Crippen LogP contribution < -0.4 is 10.2 Å². The third kappa shape index (κ3) is 1.87. The van der Waals surface area contributed by atoms with Crippen molar-refractivity contribution >= 4 is 5.69 Å². The number of anilines is 1. The maximum absolute atomic E-state index is 13.5.